The van der Waals surface area contributed by atoms with Gasteiger partial charge in [-0.1, -0.05) is 17.2 Å². The molecule has 3 atom stereocenters. The number of benzene rings is 1. The second kappa shape index (κ2) is 6.57. The number of piperidine rings is 1. The minimum atomic E-state index is -0.395. The van der Waals surface area contributed by atoms with Gasteiger partial charge in [-0.15, -0.1) is 5.10 Å². The predicted octanol–water partition coefficient (Wildman–Crippen LogP) is 3.68. The zero-order valence-electron chi connectivity index (χ0n) is 16.0. The van der Waals surface area contributed by atoms with Crippen molar-refractivity contribution in [2.75, 3.05) is 18.4 Å². The van der Waals surface area contributed by atoms with E-state index < -0.39 is 6.04 Å². The molecule has 2 saturated carbocycles. The molecule has 1 aromatic carbocycles. The summed E-state index contributed by atoms with van der Waals surface area (Å²) < 4.78 is 18.8. The molecule has 1 aromatic heterocycles. The van der Waals surface area contributed by atoms with E-state index in [4.69, 9.17) is 4.42 Å². The summed E-state index contributed by atoms with van der Waals surface area (Å²) in [5, 5.41) is 11.3. The van der Waals surface area contributed by atoms with Crippen molar-refractivity contribution >= 4 is 11.9 Å². The van der Waals surface area contributed by atoms with Crippen LogP contribution in [-0.4, -0.2) is 40.1 Å². The highest BCUT2D eigenvalue weighted by molar-refractivity contribution is 5.83. The summed E-state index contributed by atoms with van der Waals surface area (Å²) >= 11 is 0. The van der Waals surface area contributed by atoms with Crippen molar-refractivity contribution in [2.24, 2.45) is 5.41 Å². The molecule has 3 aliphatic rings. The van der Waals surface area contributed by atoms with Gasteiger partial charge in [0.15, 0.2) is 0 Å². The fraction of sp³-hybridized carbons (Fsp3) is 0.571. The molecule has 0 radical (unpaired) electrons. The molecule has 1 amide bonds. The highest BCUT2D eigenvalue weighted by atomic mass is 19.1. The molecule has 0 unspecified atom stereocenters. The third kappa shape index (κ3) is 3.38. The Hall–Kier alpha value is -2.44. The summed E-state index contributed by atoms with van der Waals surface area (Å²) in [6.45, 7) is 3.54. The monoisotopic (exact) mass is 384 g/mol. The van der Waals surface area contributed by atoms with Gasteiger partial charge in [0.25, 0.3) is 0 Å². The number of likely N-dealkylation sites (tertiary alicyclic amines) is 1. The molecule has 7 heteroatoms. The van der Waals surface area contributed by atoms with Gasteiger partial charge in [0, 0.05) is 19.0 Å². The van der Waals surface area contributed by atoms with Crippen molar-refractivity contribution in [3.63, 3.8) is 0 Å². The van der Waals surface area contributed by atoms with E-state index in [1.807, 2.05) is 11.8 Å². The topological polar surface area (TPSA) is 71.3 Å². The van der Waals surface area contributed by atoms with Crippen LogP contribution in [0, 0.1) is 11.2 Å². The maximum atomic E-state index is 13.1. The molecule has 1 aliphatic heterocycles. The Morgan fingerprint density at radius 2 is 1.89 bits per heavy atom. The Morgan fingerprint density at radius 3 is 2.57 bits per heavy atom. The highest BCUT2D eigenvalue weighted by Gasteiger charge is 2.46. The first-order valence-corrected chi connectivity index (χ1v) is 10.2. The Kier molecular flexibility index (Phi) is 4.14. The normalized spacial score (nSPS) is 26.1. The fourth-order valence-electron chi connectivity index (χ4n) is 4.39. The second-order valence-electron chi connectivity index (χ2n) is 8.64. The van der Waals surface area contributed by atoms with Crippen LogP contribution in [-0.2, 0) is 4.79 Å². The molecule has 1 spiro atoms. The molecule has 28 heavy (non-hydrogen) atoms. The maximum absolute atomic E-state index is 13.1. The maximum Gasteiger partial charge on any atom is 0.316 e. The lowest BCUT2D eigenvalue weighted by Crippen LogP contribution is -2.45. The van der Waals surface area contributed by atoms with Gasteiger partial charge in [0.05, 0.1) is 0 Å². The lowest BCUT2D eigenvalue weighted by molar-refractivity contribution is -0.133. The molecule has 0 bridgehead atoms. The van der Waals surface area contributed by atoms with Crippen LogP contribution >= 0.6 is 0 Å². The van der Waals surface area contributed by atoms with Gasteiger partial charge in [-0.3, -0.25) is 4.79 Å². The van der Waals surface area contributed by atoms with Crippen LogP contribution in [0.4, 0.5) is 10.4 Å². The number of anilines is 1. The quantitative estimate of drug-likeness (QED) is 0.851. The largest absolute Gasteiger partial charge is 0.408 e. The van der Waals surface area contributed by atoms with Gasteiger partial charge < -0.3 is 14.6 Å². The summed E-state index contributed by atoms with van der Waals surface area (Å²) in [4.78, 5) is 14.6. The van der Waals surface area contributed by atoms with Gasteiger partial charge in [-0.25, -0.2) is 4.39 Å². The van der Waals surface area contributed by atoms with Crippen molar-refractivity contribution in [3.8, 4) is 0 Å². The number of hydrogen-bond donors (Lipinski definition) is 1. The van der Waals surface area contributed by atoms with Crippen molar-refractivity contribution < 1.29 is 13.6 Å². The first kappa shape index (κ1) is 17.6. The number of aromatic nitrogens is 2. The van der Waals surface area contributed by atoms with Crippen LogP contribution in [0.25, 0.3) is 0 Å². The van der Waals surface area contributed by atoms with Crippen LogP contribution in [0.3, 0.4) is 0 Å². The smallest absolute Gasteiger partial charge is 0.316 e. The van der Waals surface area contributed by atoms with E-state index in [-0.39, 0.29) is 29.6 Å². The van der Waals surface area contributed by atoms with Gasteiger partial charge in [-0.2, -0.15) is 0 Å². The Morgan fingerprint density at radius 1 is 1.18 bits per heavy atom. The number of hydrogen-bond acceptors (Lipinski definition) is 5. The first-order chi connectivity index (χ1) is 13.5. The van der Waals surface area contributed by atoms with Crippen LogP contribution in [0.5, 0.6) is 0 Å². The molecular weight excluding hydrogens is 359 g/mol. The van der Waals surface area contributed by atoms with Gasteiger partial charge >= 0.3 is 6.01 Å². The number of nitrogens with one attached hydrogen (secondary N) is 1. The second-order valence-corrected chi connectivity index (χ2v) is 8.64. The Bertz CT molecular complexity index is 867. The Labute approximate surface area is 163 Å². The van der Waals surface area contributed by atoms with Crippen molar-refractivity contribution in [2.45, 2.75) is 56.9 Å². The minimum absolute atomic E-state index is 0.0888. The van der Waals surface area contributed by atoms with Crippen molar-refractivity contribution in [1.29, 1.82) is 0 Å². The molecule has 2 heterocycles. The summed E-state index contributed by atoms with van der Waals surface area (Å²) in [6.07, 6.45) is 5.82. The van der Waals surface area contributed by atoms with E-state index in [0.717, 1.165) is 37.9 Å². The van der Waals surface area contributed by atoms with E-state index in [1.165, 1.54) is 25.0 Å². The number of amides is 1. The molecule has 1 saturated heterocycles. The van der Waals surface area contributed by atoms with Gasteiger partial charge in [0.1, 0.15) is 11.9 Å². The molecule has 3 fully saturated rings. The summed E-state index contributed by atoms with van der Waals surface area (Å²) in [6, 6.07) is 6.46. The number of halogens is 1. The van der Waals surface area contributed by atoms with Crippen molar-refractivity contribution in [3.05, 3.63) is 41.5 Å². The molecule has 148 valence electrons. The Balaban J connectivity index is 1.16. The van der Waals surface area contributed by atoms with E-state index >= 15 is 0 Å². The molecule has 1 N–H and O–H groups in total. The first-order valence-electron chi connectivity index (χ1n) is 10.2. The zero-order chi connectivity index (χ0) is 19.3. The number of carbonyl (C=O) groups excluding carboxylic acids is 1. The van der Waals surface area contributed by atoms with Crippen LogP contribution in [0.15, 0.2) is 28.7 Å². The van der Waals surface area contributed by atoms with Gasteiger partial charge in [0.2, 0.25) is 11.8 Å². The van der Waals surface area contributed by atoms with Crippen LogP contribution in [0.1, 0.15) is 62.3 Å². The SMILES string of the molecule is C[C@H](Nc1nnc([C@@H]2C[C@@H]2c2ccc(F)cc2)o1)C(=O)N1CCC2(CC1)CC2. The number of carbonyl (C=O) groups is 1. The summed E-state index contributed by atoms with van der Waals surface area (Å²) in [7, 11) is 0. The zero-order valence-corrected chi connectivity index (χ0v) is 16.0. The average Bonchev–Trinajstić information content (AvgIpc) is 3.61. The van der Waals surface area contributed by atoms with Gasteiger partial charge in [-0.05, 0) is 68.1 Å². The lowest BCUT2D eigenvalue weighted by Gasteiger charge is -2.33. The predicted molar refractivity (Wildman–Crippen MR) is 101 cm³/mol. The van der Waals surface area contributed by atoms with Crippen LogP contribution < -0.4 is 5.32 Å². The third-order valence-electron chi connectivity index (χ3n) is 6.65. The average molecular weight is 384 g/mol. The van der Waals surface area contributed by atoms with E-state index in [9.17, 15) is 9.18 Å². The molecule has 6 nitrogen and oxygen atoms in total. The fourth-order valence-corrected chi connectivity index (χ4v) is 4.39. The molecule has 2 aromatic rings. The number of nitrogens with zero attached hydrogens (tertiary/aromatic N) is 3. The number of rotatable bonds is 5. The summed E-state index contributed by atoms with van der Waals surface area (Å²) in [5.41, 5.74) is 1.64. The highest BCUT2D eigenvalue weighted by Crippen LogP contribution is 2.54. The van der Waals surface area contributed by atoms with E-state index in [1.54, 1.807) is 12.1 Å². The van der Waals surface area contributed by atoms with Crippen LogP contribution in [0.2, 0.25) is 0 Å². The minimum Gasteiger partial charge on any atom is -0.408 e. The molecule has 2 aliphatic carbocycles. The van der Waals surface area contributed by atoms with E-state index in [2.05, 4.69) is 15.5 Å². The molecular formula is C21H25FN4O2. The third-order valence-corrected chi connectivity index (χ3v) is 6.65. The van der Waals surface area contributed by atoms with Crippen molar-refractivity contribution in [1.82, 2.24) is 15.1 Å². The lowest BCUT2D eigenvalue weighted by atomic mass is 9.93. The standard InChI is InChI=1S/C21H25FN4O2/c1-13(19(27)26-10-8-21(6-7-21)9-11-26)23-20-25-24-18(28-20)17-12-16(17)14-2-4-15(22)5-3-14/h2-5,13,16-17H,6-12H2,1H3,(H,23,25)/t13-,16+,17+/m0/s1. The summed E-state index contributed by atoms with van der Waals surface area (Å²) in [5.74, 6) is 0.883. The molecule has 5 rings (SSSR count). The van der Waals surface area contributed by atoms with E-state index in [0.29, 0.717) is 11.3 Å².